The van der Waals surface area contributed by atoms with E-state index in [-0.39, 0.29) is 23.4 Å². The summed E-state index contributed by atoms with van der Waals surface area (Å²) in [6.45, 7) is 0.933. The zero-order chi connectivity index (χ0) is 18.7. The van der Waals surface area contributed by atoms with Gasteiger partial charge in [-0.2, -0.15) is 5.26 Å². The van der Waals surface area contributed by atoms with Gasteiger partial charge in [0.15, 0.2) is 6.19 Å². The quantitative estimate of drug-likeness (QED) is 0.823. The first kappa shape index (κ1) is 17.5. The number of halogens is 3. The van der Waals surface area contributed by atoms with Crippen LogP contribution in [0.25, 0.3) is 11.5 Å². The number of benzene rings is 1. The normalized spacial score (nSPS) is 17.0. The molecule has 0 spiro atoms. The third-order valence-electron chi connectivity index (χ3n) is 3.60. The Morgan fingerprint density at radius 1 is 1.42 bits per heavy atom. The van der Waals surface area contributed by atoms with Crippen LogP contribution in [0, 0.1) is 11.5 Å². The summed E-state index contributed by atoms with van der Waals surface area (Å²) in [5.41, 5.74) is 0.176. The lowest BCUT2D eigenvalue weighted by molar-refractivity contribution is -0.274. The molecule has 1 fully saturated rings. The van der Waals surface area contributed by atoms with Gasteiger partial charge in [-0.15, -0.1) is 23.4 Å². The van der Waals surface area contributed by atoms with E-state index in [0.29, 0.717) is 19.5 Å². The molecule has 2 aromatic rings. The number of alkyl halides is 3. The molecule has 0 bridgehead atoms. The van der Waals surface area contributed by atoms with Crippen LogP contribution in [0.5, 0.6) is 5.75 Å². The van der Waals surface area contributed by atoms with Crippen molar-refractivity contribution in [1.82, 2.24) is 20.4 Å². The summed E-state index contributed by atoms with van der Waals surface area (Å²) < 4.78 is 45.9. The molecule has 136 valence electrons. The number of hydrogen-bond donors (Lipinski definition) is 1. The second-order valence-corrected chi connectivity index (χ2v) is 5.49. The Bertz CT molecular complexity index is 846. The number of hydrogen-bond acceptors (Lipinski definition) is 7. The van der Waals surface area contributed by atoms with Crippen LogP contribution in [0.3, 0.4) is 0 Å². The summed E-state index contributed by atoms with van der Waals surface area (Å²) in [5.74, 6) is -1.50. The van der Waals surface area contributed by atoms with E-state index in [1.165, 1.54) is 17.0 Å². The van der Waals surface area contributed by atoms with Crippen LogP contribution in [0.1, 0.15) is 17.1 Å². The van der Waals surface area contributed by atoms with Gasteiger partial charge in [0.2, 0.25) is 5.89 Å². The molecule has 1 aromatic carbocycles. The first-order chi connectivity index (χ1) is 12.3. The van der Waals surface area contributed by atoms with Gasteiger partial charge >= 0.3 is 18.2 Å². The number of carbonyl (C=O) groups is 1. The lowest BCUT2D eigenvalue weighted by Gasteiger charge is -2.10. The molecule has 1 aromatic heterocycles. The zero-order valence-electron chi connectivity index (χ0n) is 13.2. The number of aromatic nitrogens is 2. The maximum absolute atomic E-state index is 12.3. The molecule has 3 rings (SSSR count). The molecule has 0 aliphatic carbocycles. The number of nitrogens with zero attached hydrogens (tertiary/aromatic N) is 4. The van der Waals surface area contributed by atoms with Gasteiger partial charge in [-0.3, -0.25) is 4.79 Å². The van der Waals surface area contributed by atoms with Gasteiger partial charge in [-0.05, 0) is 24.6 Å². The molecule has 1 aliphatic rings. The summed E-state index contributed by atoms with van der Waals surface area (Å²) in [6.07, 6.45) is -2.22. The summed E-state index contributed by atoms with van der Waals surface area (Å²) in [6, 6.07) is 4.75. The van der Waals surface area contributed by atoms with Crippen molar-refractivity contribution in [3.8, 4) is 23.4 Å². The Balaban J connectivity index is 1.69. The van der Waals surface area contributed by atoms with Crippen molar-refractivity contribution in [3.63, 3.8) is 0 Å². The fraction of sp³-hybridized carbons (Fsp3) is 0.333. The number of rotatable bonds is 4. The Hall–Kier alpha value is -3.29. The average molecular weight is 367 g/mol. The predicted molar refractivity (Wildman–Crippen MR) is 79.5 cm³/mol. The fourth-order valence-corrected chi connectivity index (χ4v) is 2.47. The first-order valence-electron chi connectivity index (χ1n) is 7.49. The fourth-order valence-electron chi connectivity index (χ4n) is 2.47. The maximum atomic E-state index is 12.3. The molecule has 1 aliphatic heterocycles. The first-order valence-corrected chi connectivity index (χ1v) is 7.49. The van der Waals surface area contributed by atoms with E-state index in [9.17, 15) is 18.0 Å². The van der Waals surface area contributed by atoms with Crippen molar-refractivity contribution in [1.29, 1.82) is 5.26 Å². The van der Waals surface area contributed by atoms with E-state index >= 15 is 0 Å². The molecule has 0 saturated carbocycles. The van der Waals surface area contributed by atoms with Gasteiger partial charge in [0.25, 0.3) is 0 Å². The topological polar surface area (TPSA) is 104 Å². The molecule has 2 heterocycles. The van der Waals surface area contributed by atoms with Crippen molar-refractivity contribution < 1.29 is 27.1 Å². The number of ether oxygens (including phenoxy) is 1. The van der Waals surface area contributed by atoms with Crippen LogP contribution < -0.4 is 10.1 Å². The van der Waals surface area contributed by atoms with Crippen LogP contribution in [0.2, 0.25) is 0 Å². The van der Waals surface area contributed by atoms with Gasteiger partial charge in [0, 0.05) is 24.7 Å². The lowest BCUT2D eigenvalue weighted by Crippen LogP contribution is -2.36. The number of amides is 1. The van der Waals surface area contributed by atoms with Crippen molar-refractivity contribution in [3.05, 3.63) is 30.2 Å². The van der Waals surface area contributed by atoms with Crippen LogP contribution in [-0.4, -0.2) is 46.5 Å². The van der Waals surface area contributed by atoms with E-state index in [2.05, 4.69) is 20.3 Å². The molecular weight excluding hydrogens is 355 g/mol. The third kappa shape index (κ3) is 4.21. The molecule has 8 nitrogen and oxygen atoms in total. The van der Waals surface area contributed by atoms with Crippen molar-refractivity contribution in [2.45, 2.75) is 18.8 Å². The van der Waals surface area contributed by atoms with Crippen LogP contribution in [0.4, 0.5) is 13.2 Å². The van der Waals surface area contributed by atoms with Crippen molar-refractivity contribution in [2.24, 2.45) is 0 Å². The minimum Gasteiger partial charge on any atom is -0.412 e. The van der Waals surface area contributed by atoms with Crippen LogP contribution in [0.15, 0.2) is 28.7 Å². The summed E-state index contributed by atoms with van der Waals surface area (Å²) in [4.78, 5) is 13.6. The Morgan fingerprint density at radius 3 is 2.92 bits per heavy atom. The van der Waals surface area contributed by atoms with Gasteiger partial charge in [-0.25, -0.2) is 0 Å². The highest BCUT2D eigenvalue weighted by Gasteiger charge is 2.31. The second-order valence-electron chi connectivity index (χ2n) is 5.49. The van der Waals surface area contributed by atoms with Crippen molar-refractivity contribution >= 4 is 5.91 Å². The Morgan fingerprint density at radius 2 is 2.23 bits per heavy atom. The maximum Gasteiger partial charge on any atom is 0.573 e. The van der Waals surface area contributed by atoms with Gasteiger partial charge < -0.3 is 19.4 Å². The summed E-state index contributed by atoms with van der Waals surface area (Å²) in [5, 5.41) is 18.7. The molecular formula is C15H12F3N5O3. The van der Waals surface area contributed by atoms with Gasteiger partial charge in [0.05, 0.1) is 0 Å². The SMILES string of the molecule is N#CN1CCC(NC(=O)c2nnc(-c3cccc(OC(F)(F)F)c3)o2)C1. The second kappa shape index (κ2) is 6.91. The highest BCUT2D eigenvalue weighted by atomic mass is 19.4. The standard InChI is InChI=1S/C15H12F3N5O3/c16-15(17,18)26-11-3-1-2-9(6-11)13-21-22-14(25-13)12(24)20-10-4-5-23(7-10)8-19/h1-3,6,10H,4-5,7H2,(H,20,24). The lowest BCUT2D eigenvalue weighted by atomic mass is 10.2. The largest absolute Gasteiger partial charge is 0.573 e. The van der Waals surface area contributed by atoms with E-state index in [1.807, 2.05) is 6.19 Å². The van der Waals surface area contributed by atoms with E-state index in [4.69, 9.17) is 9.68 Å². The molecule has 1 amide bonds. The Kier molecular flexibility index (Phi) is 4.66. The molecule has 1 atom stereocenters. The predicted octanol–water partition coefficient (Wildman–Crippen LogP) is 1.92. The van der Waals surface area contributed by atoms with Crippen molar-refractivity contribution in [2.75, 3.05) is 13.1 Å². The van der Waals surface area contributed by atoms with E-state index < -0.39 is 18.0 Å². The number of carbonyl (C=O) groups excluding carboxylic acids is 1. The zero-order valence-corrected chi connectivity index (χ0v) is 13.2. The highest BCUT2D eigenvalue weighted by Crippen LogP contribution is 2.27. The summed E-state index contributed by atoms with van der Waals surface area (Å²) >= 11 is 0. The molecule has 1 unspecified atom stereocenters. The number of likely N-dealkylation sites (tertiary alicyclic amines) is 1. The number of nitrogens with one attached hydrogen (secondary N) is 1. The van der Waals surface area contributed by atoms with Gasteiger partial charge in [-0.1, -0.05) is 6.07 Å². The van der Waals surface area contributed by atoms with E-state index in [0.717, 1.165) is 12.1 Å². The highest BCUT2D eigenvalue weighted by molar-refractivity contribution is 5.90. The average Bonchev–Trinajstić information content (AvgIpc) is 3.22. The smallest absolute Gasteiger partial charge is 0.412 e. The Labute approximate surface area is 145 Å². The monoisotopic (exact) mass is 367 g/mol. The molecule has 1 N–H and O–H groups in total. The molecule has 1 saturated heterocycles. The minimum absolute atomic E-state index is 0.118. The van der Waals surface area contributed by atoms with Crippen LogP contribution in [-0.2, 0) is 0 Å². The molecule has 0 radical (unpaired) electrons. The molecule has 26 heavy (non-hydrogen) atoms. The number of nitriles is 1. The minimum atomic E-state index is -4.82. The third-order valence-corrected chi connectivity index (χ3v) is 3.60. The van der Waals surface area contributed by atoms with E-state index in [1.54, 1.807) is 0 Å². The molecule has 11 heteroatoms. The summed E-state index contributed by atoms with van der Waals surface area (Å²) in [7, 11) is 0. The van der Waals surface area contributed by atoms with Gasteiger partial charge in [0.1, 0.15) is 5.75 Å². The van der Waals surface area contributed by atoms with Crippen LogP contribution >= 0.6 is 0 Å².